The van der Waals surface area contributed by atoms with Gasteiger partial charge in [0.2, 0.25) is 5.91 Å². The summed E-state index contributed by atoms with van der Waals surface area (Å²) in [5, 5.41) is 5.34. The van der Waals surface area contributed by atoms with E-state index < -0.39 is 0 Å². The summed E-state index contributed by atoms with van der Waals surface area (Å²) in [5.41, 5.74) is 0.962. The van der Waals surface area contributed by atoms with Crippen LogP contribution in [0.5, 0.6) is 0 Å². The minimum absolute atomic E-state index is 0.0734. The fourth-order valence-corrected chi connectivity index (χ4v) is 3.34. The molecule has 26 heavy (non-hydrogen) atoms. The Kier molecular flexibility index (Phi) is 5.90. The van der Waals surface area contributed by atoms with Gasteiger partial charge in [0.15, 0.2) is 0 Å². The van der Waals surface area contributed by atoms with Gasteiger partial charge in [-0.25, -0.2) is 0 Å². The van der Waals surface area contributed by atoms with Gasteiger partial charge in [0, 0.05) is 14.9 Å². The molecule has 3 aromatic rings. The lowest BCUT2D eigenvalue weighted by molar-refractivity contribution is -0.120. The largest absolute Gasteiger partial charge is 0.459 e. The fourth-order valence-electron chi connectivity index (χ4n) is 2.29. The Hall–Kier alpha value is -2.38. The van der Waals surface area contributed by atoms with Crippen LogP contribution in [0.1, 0.15) is 20.3 Å². The molecule has 0 fully saturated rings. The van der Waals surface area contributed by atoms with Crippen molar-refractivity contribution in [1.82, 2.24) is 10.6 Å². The van der Waals surface area contributed by atoms with Gasteiger partial charge in [-0.05, 0) is 43.3 Å². The number of aryl methyl sites for hydroxylation is 1. The molecule has 2 heterocycles. The Balaban J connectivity index is 1.47. The topological polar surface area (TPSA) is 71.3 Å². The van der Waals surface area contributed by atoms with Crippen LogP contribution in [0.15, 0.2) is 57.4 Å². The van der Waals surface area contributed by atoms with Crippen LogP contribution in [0.4, 0.5) is 0 Å². The number of nitrogens with one attached hydrogen (secondary N) is 2. The molecule has 0 aliphatic carbocycles. The van der Waals surface area contributed by atoms with E-state index in [4.69, 9.17) is 4.42 Å². The molecule has 2 amide bonds. The van der Waals surface area contributed by atoms with Gasteiger partial charge in [-0.1, -0.05) is 28.1 Å². The van der Waals surface area contributed by atoms with Crippen LogP contribution in [0.3, 0.4) is 0 Å². The molecule has 5 nitrogen and oxygen atoms in total. The van der Waals surface area contributed by atoms with Crippen molar-refractivity contribution in [3.63, 3.8) is 0 Å². The van der Waals surface area contributed by atoms with Crippen molar-refractivity contribution in [2.75, 3.05) is 6.54 Å². The maximum Gasteiger partial charge on any atom is 0.261 e. The molecule has 0 spiro atoms. The molecule has 1 aromatic carbocycles. The zero-order chi connectivity index (χ0) is 18.5. The van der Waals surface area contributed by atoms with E-state index in [1.54, 1.807) is 6.07 Å². The first kappa shape index (κ1) is 18.4. The summed E-state index contributed by atoms with van der Waals surface area (Å²) in [6, 6.07) is 15.1. The molecule has 0 radical (unpaired) electrons. The molecule has 134 valence electrons. The third-order valence-corrected chi connectivity index (χ3v) is 5.15. The summed E-state index contributed by atoms with van der Waals surface area (Å²) < 4.78 is 6.74. The Morgan fingerprint density at radius 2 is 1.81 bits per heavy atom. The summed E-state index contributed by atoms with van der Waals surface area (Å²) in [7, 11) is 0. The second-order valence-corrected chi connectivity index (χ2v) is 7.85. The summed E-state index contributed by atoms with van der Waals surface area (Å²) in [6.45, 7) is 2.12. The van der Waals surface area contributed by atoms with Crippen molar-refractivity contribution < 1.29 is 14.0 Å². The molecule has 2 N–H and O–H groups in total. The van der Waals surface area contributed by atoms with Crippen LogP contribution < -0.4 is 10.6 Å². The van der Waals surface area contributed by atoms with E-state index in [2.05, 4.69) is 26.6 Å². The Morgan fingerprint density at radius 3 is 2.50 bits per heavy atom. The van der Waals surface area contributed by atoms with Crippen LogP contribution in [0, 0.1) is 6.92 Å². The van der Waals surface area contributed by atoms with Gasteiger partial charge >= 0.3 is 0 Å². The Morgan fingerprint density at radius 1 is 1.04 bits per heavy atom. The van der Waals surface area contributed by atoms with Crippen LogP contribution in [-0.4, -0.2) is 18.4 Å². The highest BCUT2D eigenvalue weighted by molar-refractivity contribution is 9.10. The number of furan rings is 1. The quantitative estimate of drug-likeness (QED) is 0.614. The number of carbonyl (C=O) groups is 2. The SMILES string of the molecule is Cc1ccc(C(=O)NCC(=O)NCc2ccc(-c3ccc(Br)cc3)o2)s1. The lowest BCUT2D eigenvalue weighted by atomic mass is 10.2. The molecule has 0 bridgehead atoms. The second-order valence-electron chi connectivity index (χ2n) is 5.64. The molecular weight excluding hydrogens is 416 g/mol. The highest BCUT2D eigenvalue weighted by atomic mass is 79.9. The number of rotatable bonds is 6. The van der Waals surface area contributed by atoms with Gasteiger partial charge in [0.05, 0.1) is 18.0 Å². The monoisotopic (exact) mass is 432 g/mol. The highest BCUT2D eigenvalue weighted by Gasteiger charge is 2.11. The first-order valence-electron chi connectivity index (χ1n) is 7.97. The molecule has 0 saturated carbocycles. The molecule has 3 rings (SSSR count). The predicted octanol–water partition coefficient (Wildman–Crippen LogP) is 4.13. The van der Waals surface area contributed by atoms with Crippen molar-refractivity contribution in [3.8, 4) is 11.3 Å². The van der Waals surface area contributed by atoms with E-state index in [0.717, 1.165) is 20.7 Å². The van der Waals surface area contributed by atoms with Gasteiger partial charge in [-0.2, -0.15) is 0 Å². The molecule has 0 aliphatic rings. The van der Waals surface area contributed by atoms with Crippen molar-refractivity contribution >= 4 is 39.1 Å². The molecule has 0 unspecified atom stereocenters. The van der Waals surface area contributed by atoms with Gasteiger partial charge < -0.3 is 15.1 Å². The van der Waals surface area contributed by atoms with Crippen molar-refractivity contribution in [2.45, 2.75) is 13.5 Å². The molecule has 7 heteroatoms. The molecule has 0 aliphatic heterocycles. The number of amides is 2. The maximum absolute atomic E-state index is 11.9. The first-order chi connectivity index (χ1) is 12.5. The number of halogens is 1. The Bertz CT molecular complexity index is 915. The maximum atomic E-state index is 11.9. The van der Waals surface area contributed by atoms with E-state index >= 15 is 0 Å². The third kappa shape index (κ3) is 4.83. The molecule has 0 saturated heterocycles. The highest BCUT2D eigenvalue weighted by Crippen LogP contribution is 2.23. The van der Waals surface area contributed by atoms with Gasteiger partial charge in [-0.15, -0.1) is 11.3 Å². The standard InChI is InChI=1S/C19H17BrN2O3S/c1-12-2-9-17(26-12)19(24)22-11-18(23)21-10-15-7-8-16(25-15)13-3-5-14(20)6-4-13/h2-9H,10-11H2,1H3,(H,21,23)(H,22,24). The predicted molar refractivity (Wildman–Crippen MR) is 105 cm³/mol. The minimum Gasteiger partial charge on any atom is -0.459 e. The summed E-state index contributed by atoms with van der Waals surface area (Å²) in [4.78, 5) is 25.5. The summed E-state index contributed by atoms with van der Waals surface area (Å²) >= 11 is 4.80. The van der Waals surface area contributed by atoms with Crippen LogP contribution in [0.2, 0.25) is 0 Å². The number of benzene rings is 1. The smallest absolute Gasteiger partial charge is 0.261 e. The molecular formula is C19H17BrN2O3S. The fraction of sp³-hybridized carbons (Fsp3) is 0.158. The second kappa shape index (κ2) is 8.33. The average Bonchev–Trinajstić information content (AvgIpc) is 3.27. The van der Waals surface area contributed by atoms with E-state index in [-0.39, 0.29) is 24.9 Å². The van der Waals surface area contributed by atoms with E-state index in [9.17, 15) is 9.59 Å². The lowest BCUT2D eigenvalue weighted by Gasteiger charge is -2.05. The number of thiophene rings is 1. The van der Waals surface area contributed by atoms with Crippen LogP contribution in [-0.2, 0) is 11.3 Å². The zero-order valence-electron chi connectivity index (χ0n) is 14.0. The third-order valence-electron chi connectivity index (χ3n) is 3.62. The molecule has 2 aromatic heterocycles. The van der Waals surface area contributed by atoms with Crippen LogP contribution >= 0.6 is 27.3 Å². The van der Waals surface area contributed by atoms with Gasteiger partial charge in [0.1, 0.15) is 11.5 Å². The lowest BCUT2D eigenvalue weighted by Crippen LogP contribution is -2.36. The Labute approximate surface area is 163 Å². The summed E-state index contributed by atoms with van der Waals surface area (Å²) in [6.07, 6.45) is 0. The number of hydrogen-bond donors (Lipinski definition) is 2. The van der Waals surface area contributed by atoms with Gasteiger partial charge in [-0.3, -0.25) is 9.59 Å². The van der Waals surface area contributed by atoms with Crippen molar-refractivity contribution in [2.24, 2.45) is 0 Å². The minimum atomic E-state index is -0.270. The molecule has 0 atom stereocenters. The average molecular weight is 433 g/mol. The van der Waals surface area contributed by atoms with Crippen LogP contribution in [0.25, 0.3) is 11.3 Å². The normalized spacial score (nSPS) is 10.5. The van der Waals surface area contributed by atoms with Gasteiger partial charge in [0.25, 0.3) is 5.91 Å². The first-order valence-corrected chi connectivity index (χ1v) is 9.58. The van der Waals surface area contributed by atoms with E-state index in [1.165, 1.54) is 11.3 Å². The van der Waals surface area contributed by atoms with E-state index in [1.807, 2.05) is 49.4 Å². The number of carbonyl (C=O) groups excluding carboxylic acids is 2. The van der Waals surface area contributed by atoms with E-state index in [0.29, 0.717) is 10.6 Å². The van der Waals surface area contributed by atoms with Crippen molar-refractivity contribution in [3.05, 3.63) is 68.5 Å². The van der Waals surface area contributed by atoms with Crippen molar-refractivity contribution in [1.29, 1.82) is 0 Å². The summed E-state index contributed by atoms with van der Waals surface area (Å²) in [5.74, 6) is 0.876. The zero-order valence-corrected chi connectivity index (χ0v) is 16.4. The number of hydrogen-bond acceptors (Lipinski definition) is 4.